The summed E-state index contributed by atoms with van der Waals surface area (Å²) in [4.78, 5) is 10.8. The van der Waals surface area contributed by atoms with E-state index < -0.39 is 10.0 Å². The summed E-state index contributed by atoms with van der Waals surface area (Å²) in [7, 11) is -3.10. The van der Waals surface area contributed by atoms with Gasteiger partial charge in [0.1, 0.15) is 5.52 Å². The standard InChI is InChI=1S/C12H16N4O2S2/c1-20(17,18)16-6-2-5-15(7-8-16)12-14-10-9-13-4-3-11(10)19-12/h3-4,9H,2,5-8H2,1H3. The molecule has 1 aliphatic heterocycles. The lowest BCUT2D eigenvalue weighted by Crippen LogP contribution is -2.34. The van der Waals surface area contributed by atoms with E-state index in [2.05, 4.69) is 14.9 Å². The van der Waals surface area contributed by atoms with Gasteiger partial charge in [-0.1, -0.05) is 11.3 Å². The number of hydrogen-bond acceptors (Lipinski definition) is 6. The Kier molecular flexibility index (Phi) is 3.61. The Hall–Kier alpha value is -1.25. The molecule has 2 aromatic heterocycles. The van der Waals surface area contributed by atoms with Crippen LogP contribution in [0.25, 0.3) is 10.2 Å². The number of sulfonamides is 1. The predicted octanol–water partition coefficient (Wildman–Crippen LogP) is 1.16. The van der Waals surface area contributed by atoms with E-state index in [0.29, 0.717) is 19.6 Å². The zero-order chi connectivity index (χ0) is 14.2. The normalized spacial score (nSPS) is 18.4. The second kappa shape index (κ2) is 5.27. The van der Waals surface area contributed by atoms with Crippen molar-refractivity contribution in [2.24, 2.45) is 0 Å². The summed E-state index contributed by atoms with van der Waals surface area (Å²) in [6.45, 7) is 2.62. The first-order valence-electron chi connectivity index (χ1n) is 6.45. The third-order valence-electron chi connectivity index (χ3n) is 3.37. The number of fused-ring (bicyclic) bond motifs is 1. The van der Waals surface area contributed by atoms with Crippen LogP contribution in [0.5, 0.6) is 0 Å². The maximum atomic E-state index is 11.6. The smallest absolute Gasteiger partial charge is 0.211 e. The highest BCUT2D eigenvalue weighted by molar-refractivity contribution is 7.88. The van der Waals surface area contributed by atoms with Gasteiger partial charge in [-0.2, -0.15) is 0 Å². The Morgan fingerprint density at radius 1 is 1.25 bits per heavy atom. The van der Waals surface area contributed by atoms with E-state index in [1.807, 2.05) is 6.07 Å². The maximum Gasteiger partial charge on any atom is 0.211 e. The number of rotatable bonds is 2. The third kappa shape index (κ3) is 2.77. The van der Waals surface area contributed by atoms with Gasteiger partial charge in [-0.3, -0.25) is 4.98 Å². The highest BCUT2D eigenvalue weighted by Gasteiger charge is 2.22. The lowest BCUT2D eigenvalue weighted by molar-refractivity contribution is 0.437. The van der Waals surface area contributed by atoms with Crippen molar-refractivity contribution in [1.29, 1.82) is 0 Å². The number of thiazole rings is 1. The van der Waals surface area contributed by atoms with E-state index in [0.717, 1.165) is 28.3 Å². The first kappa shape index (κ1) is 13.7. The topological polar surface area (TPSA) is 66.4 Å². The van der Waals surface area contributed by atoms with Crippen LogP contribution in [-0.4, -0.2) is 55.1 Å². The van der Waals surface area contributed by atoms with Crippen LogP contribution >= 0.6 is 11.3 Å². The van der Waals surface area contributed by atoms with Gasteiger partial charge in [0.05, 0.1) is 17.2 Å². The van der Waals surface area contributed by atoms with Gasteiger partial charge in [-0.25, -0.2) is 17.7 Å². The molecule has 0 spiro atoms. The van der Waals surface area contributed by atoms with Crippen LogP contribution in [0.4, 0.5) is 5.13 Å². The first-order chi connectivity index (χ1) is 9.54. The molecule has 0 aromatic carbocycles. The van der Waals surface area contributed by atoms with Crippen LogP contribution in [0.2, 0.25) is 0 Å². The molecule has 0 radical (unpaired) electrons. The fourth-order valence-corrected chi connectivity index (χ4v) is 4.18. The van der Waals surface area contributed by atoms with Crippen LogP contribution in [-0.2, 0) is 10.0 Å². The third-order valence-corrected chi connectivity index (χ3v) is 5.77. The van der Waals surface area contributed by atoms with E-state index in [1.54, 1.807) is 28.0 Å². The Morgan fingerprint density at radius 3 is 2.85 bits per heavy atom. The zero-order valence-electron chi connectivity index (χ0n) is 11.2. The molecule has 0 bridgehead atoms. The van der Waals surface area contributed by atoms with Crippen LogP contribution in [0.15, 0.2) is 18.5 Å². The van der Waals surface area contributed by atoms with E-state index in [-0.39, 0.29) is 0 Å². The average Bonchev–Trinajstić information content (AvgIpc) is 2.65. The summed E-state index contributed by atoms with van der Waals surface area (Å²) < 4.78 is 25.9. The summed E-state index contributed by atoms with van der Waals surface area (Å²) in [5.41, 5.74) is 0.900. The first-order valence-corrected chi connectivity index (χ1v) is 9.11. The molecular formula is C12H16N4O2S2. The van der Waals surface area contributed by atoms with Crippen LogP contribution in [0.1, 0.15) is 6.42 Å². The minimum Gasteiger partial charge on any atom is -0.347 e. The molecular weight excluding hydrogens is 296 g/mol. The molecule has 0 aliphatic carbocycles. The number of hydrogen-bond donors (Lipinski definition) is 0. The predicted molar refractivity (Wildman–Crippen MR) is 80.7 cm³/mol. The maximum absolute atomic E-state index is 11.6. The van der Waals surface area contributed by atoms with Crippen LogP contribution in [0.3, 0.4) is 0 Å². The lowest BCUT2D eigenvalue weighted by atomic mass is 10.4. The van der Waals surface area contributed by atoms with Crippen LogP contribution < -0.4 is 4.90 Å². The Morgan fingerprint density at radius 2 is 2.10 bits per heavy atom. The fourth-order valence-electron chi connectivity index (χ4n) is 2.32. The summed E-state index contributed by atoms with van der Waals surface area (Å²) >= 11 is 1.63. The molecule has 0 N–H and O–H groups in total. The van der Waals surface area contributed by atoms with Gasteiger partial charge in [0.25, 0.3) is 0 Å². The molecule has 3 heterocycles. The number of anilines is 1. The fraction of sp³-hybridized carbons (Fsp3) is 0.500. The summed E-state index contributed by atoms with van der Waals surface area (Å²) in [6, 6.07) is 1.96. The molecule has 20 heavy (non-hydrogen) atoms. The highest BCUT2D eigenvalue weighted by atomic mass is 32.2. The van der Waals surface area contributed by atoms with E-state index in [9.17, 15) is 8.42 Å². The average molecular weight is 312 g/mol. The Balaban J connectivity index is 1.81. The molecule has 1 aliphatic rings. The van der Waals surface area contributed by atoms with Gasteiger partial charge >= 0.3 is 0 Å². The SMILES string of the molecule is CS(=O)(=O)N1CCCN(c2nc3cnccc3s2)CC1. The van der Waals surface area contributed by atoms with E-state index in [1.165, 1.54) is 6.26 Å². The van der Waals surface area contributed by atoms with Crippen molar-refractivity contribution in [2.75, 3.05) is 37.3 Å². The summed E-state index contributed by atoms with van der Waals surface area (Å²) in [6.07, 6.45) is 5.61. The second-order valence-corrected chi connectivity index (χ2v) is 7.83. The number of pyridine rings is 1. The monoisotopic (exact) mass is 312 g/mol. The largest absolute Gasteiger partial charge is 0.347 e. The number of nitrogens with zero attached hydrogens (tertiary/aromatic N) is 4. The van der Waals surface area contributed by atoms with Crippen molar-refractivity contribution in [1.82, 2.24) is 14.3 Å². The van der Waals surface area contributed by atoms with Gasteiger partial charge in [-0.15, -0.1) is 0 Å². The molecule has 0 amide bonds. The minimum absolute atomic E-state index is 0.521. The van der Waals surface area contributed by atoms with E-state index in [4.69, 9.17) is 0 Å². The van der Waals surface area contributed by atoms with Gasteiger partial charge in [0.15, 0.2) is 5.13 Å². The minimum atomic E-state index is -3.10. The quantitative estimate of drug-likeness (QED) is 0.832. The molecule has 0 atom stereocenters. The molecule has 1 fully saturated rings. The van der Waals surface area contributed by atoms with Crippen LogP contribution in [0, 0.1) is 0 Å². The Labute approximate surface area is 122 Å². The molecule has 0 unspecified atom stereocenters. The van der Waals surface area contributed by atoms with Gasteiger partial charge < -0.3 is 4.90 Å². The molecule has 6 nitrogen and oxygen atoms in total. The molecule has 108 valence electrons. The van der Waals surface area contributed by atoms with Gasteiger partial charge in [-0.05, 0) is 12.5 Å². The van der Waals surface area contributed by atoms with Crippen molar-refractivity contribution >= 4 is 36.7 Å². The van der Waals surface area contributed by atoms with Gasteiger partial charge in [0, 0.05) is 32.4 Å². The second-order valence-electron chi connectivity index (χ2n) is 4.84. The Bertz CT molecular complexity index is 680. The highest BCUT2D eigenvalue weighted by Crippen LogP contribution is 2.28. The van der Waals surface area contributed by atoms with Crippen molar-refractivity contribution in [3.8, 4) is 0 Å². The molecule has 8 heteroatoms. The van der Waals surface area contributed by atoms with Gasteiger partial charge in [0.2, 0.25) is 10.0 Å². The molecule has 2 aromatic rings. The summed E-state index contributed by atoms with van der Waals surface area (Å²) in [5, 5.41) is 0.948. The summed E-state index contributed by atoms with van der Waals surface area (Å²) in [5.74, 6) is 0. The van der Waals surface area contributed by atoms with Crippen molar-refractivity contribution in [3.05, 3.63) is 18.5 Å². The van der Waals surface area contributed by atoms with Crippen molar-refractivity contribution in [2.45, 2.75) is 6.42 Å². The number of aromatic nitrogens is 2. The van der Waals surface area contributed by atoms with Crippen molar-refractivity contribution < 1.29 is 8.42 Å². The molecule has 0 saturated carbocycles. The lowest BCUT2D eigenvalue weighted by Gasteiger charge is -2.19. The van der Waals surface area contributed by atoms with Crippen molar-refractivity contribution in [3.63, 3.8) is 0 Å². The zero-order valence-corrected chi connectivity index (χ0v) is 12.8. The molecule has 3 rings (SSSR count). The van der Waals surface area contributed by atoms with E-state index >= 15 is 0 Å². The molecule has 1 saturated heterocycles.